The Bertz CT molecular complexity index is 630. The van der Waals surface area contributed by atoms with E-state index in [-0.39, 0.29) is 0 Å². The monoisotopic (exact) mass is 642 g/mol. The van der Waals surface area contributed by atoms with Crippen LogP contribution in [0.1, 0.15) is 10.4 Å². The number of hydrogen-bond acceptors (Lipinski definition) is 2. The standard InChI is InChI=1S/C13H9I3S3/c14-16(15)19-13(11-7-4-8-17-11)9-12(18-19)10-5-2-1-3-6-10/h1-9H. The summed E-state index contributed by atoms with van der Waals surface area (Å²) in [5, 5.41) is 2.18. The van der Waals surface area contributed by atoms with Crippen molar-refractivity contribution >= 4 is 86.3 Å². The van der Waals surface area contributed by atoms with E-state index in [1.54, 1.807) is 4.86 Å². The molecule has 0 saturated heterocycles. The Balaban J connectivity index is 2.01. The molecule has 1 atom stereocenters. The summed E-state index contributed by atoms with van der Waals surface area (Å²) in [7, 11) is 1.18. The first-order valence-corrected chi connectivity index (χ1v) is 24.0. The van der Waals surface area contributed by atoms with Gasteiger partial charge in [-0.3, -0.25) is 0 Å². The average molecular weight is 642 g/mol. The van der Waals surface area contributed by atoms with Gasteiger partial charge >= 0.3 is 151 Å². The molecule has 1 aromatic carbocycles. The second-order valence-corrected chi connectivity index (χ2v) is 43.9. The molecule has 0 aliphatic carbocycles. The number of thiophene rings is 1. The van der Waals surface area contributed by atoms with Crippen molar-refractivity contribution in [1.82, 2.24) is 0 Å². The fourth-order valence-corrected chi connectivity index (χ4v) is 27.0. The maximum absolute atomic E-state index is 2.70. The third kappa shape index (κ3) is 3.61. The van der Waals surface area contributed by atoms with Gasteiger partial charge in [0.15, 0.2) is 0 Å². The molecule has 0 bridgehead atoms. The summed E-state index contributed by atoms with van der Waals surface area (Å²) in [5.74, 6) is 0. The number of halogens is 3. The summed E-state index contributed by atoms with van der Waals surface area (Å²) < 4.78 is 0. The van der Waals surface area contributed by atoms with Gasteiger partial charge in [-0.05, 0) is 0 Å². The zero-order valence-electron chi connectivity index (χ0n) is 9.55. The van der Waals surface area contributed by atoms with Crippen LogP contribution >= 0.6 is 76.5 Å². The summed E-state index contributed by atoms with van der Waals surface area (Å²) in [6.45, 7) is 0.404. The van der Waals surface area contributed by atoms with Gasteiger partial charge in [0.25, 0.3) is 0 Å². The van der Waals surface area contributed by atoms with E-state index < -0.39 is 10.5 Å². The van der Waals surface area contributed by atoms with Crippen molar-refractivity contribution in [2.45, 2.75) is 0 Å². The predicted octanol–water partition coefficient (Wildman–Crippen LogP) is 7.36. The SMILES string of the molecule is II(I)S1=C(c2cccs2)C=C(c2ccccc2)S1. The summed E-state index contributed by atoms with van der Waals surface area (Å²) >= 11 is 7.27. The Kier molecular flexibility index (Phi) is 5.74. The van der Waals surface area contributed by atoms with Gasteiger partial charge in [0, 0.05) is 0 Å². The fraction of sp³-hybridized carbons (Fsp3) is 0. The Morgan fingerprint density at radius 3 is 2.42 bits per heavy atom. The van der Waals surface area contributed by atoms with Crippen LogP contribution < -0.4 is 0 Å². The second-order valence-electron chi connectivity index (χ2n) is 3.69. The molecule has 2 aromatic rings. The van der Waals surface area contributed by atoms with E-state index in [9.17, 15) is 0 Å². The molecule has 0 fully saturated rings. The van der Waals surface area contributed by atoms with Crippen LogP contribution in [-0.4, -0.2) is 4.86 Å². The van der Waals surface area contributed by atoms with E-state index in [0.29, 0.717) is 6.69 Å². The normalized spacial score (nSPS) is 19.5. The number of hydrogen-bond donors (Lipinski definition) is 0. The van der Waals surface area contributed by atoms with Crippen LogP contribution in [0.15, 0.2) is 53.9 Å². The predicted molar refractivity (Wildman–Crippen MR) is 120 cm³/mol. The Morgan fingerprint density at radius 2 is 1.79 bits per heavy atom. The molecule has 1 aliphatic heterocycles. The van der Waals surface area contributed by atoms with Crippen molar-refractivity contribution in [3.63, 3.8) is 0 Å². The summed E-state index contributed by atoms with van der Waals surface area (Å²) in [5.41, 5.74) is 1.36. The first kappa shape index (κ1) is 15.3. The molecule has 2 heterocycles. The minimum atomic E-state index is -0.913. The van der Waals surface area contributed by atoms with Crippen molar-refractivity contribution in [2.24, 2.45) is 0 Å². The van der Waals surface area contributed by atoms with E-state index in [4.69, 9.17) is 0 Å². The van der Waals surface area contributed by atoms with Crippen LogP contribution in [0.4, 0.5) is 0 Å². The number of benzene rings is 1. The summed E-state index contributed by atoms with van der Waals surface area (Å²) in [6, 6.07) is 15.2. The van der Waals surface area contributed by atoms with Crippen LogP contribution in [0, 0.1) is 0 Å². The van der Waals surface area contributed by atoms with Gasteiger partial charge in [0.05, 0.1) is 0 Å². The third-order valence-corrected chi connectivity index (χ3v) is 36.5. The van der Waals surface area contributed by atoms with Crippen LogP contribution in [-0.2, 0) is 0 Å². The summed E-state index contributed by atoms with van der Waals surface area (Å²) in [4.78, 5) is 4.48. The molecular weight excluding hydrogens is 633 g/mol. The van der Waals surface area contributed by atoms with Gasteiger partial charge in [0.2, 0.25) is 0 Å². The van der Waals surface area contributed by atoms with Gasteiger partial charge in [-0.1, -0.05) is 0 Å². The van der Waals surface area contributed by atoms with Gasteiger partial charge in [-0.15, -0.1) is 0 Å². The van der Waals surface area contributed by atoms with E-state index in [1.807, 2.05) is 11.3 Å². The Labute approximate surface area is 148 Å². The molecule has 0 N–H and O–H groups in total. The van der Waals surface area contributed by atoms with Crippen molar-refractivity contribution < 1.29 is 0 Å². The molecule has 1 unspecified atom stereocenters. The molecule has 0 amide bonds. The van der Waals surface area contributed by atoms with E-state index in [1.165, 1.54) is 15.3 Å². The number of allylic oxidation sites excluding steroid dienone is 1. The molecule has 0 nitrogen and oxygen atoms in total. The van der Waals surface area contributed by atoms with Gasteiger partial charge in [-0.2, -0.15) is 0 Å². The van der Waals surface area contributed by atoms with E-state index in [0.717, 1.165) is 0 Å². The molecular formula is C13H9I3S3. The molecule has 6 heteroatoms. The maximum atomic E-state index is 2.70. The van der Waals surface area contributed by atoms with Crippen LogP contribution in [0.3, 0.4) is 0 Å². The van der Waals surface area contributed by atoms with E-state index >= 15 is 0 Å². The molecule has 3 rings (SSSR count). The summed E-state index contributed by atoms with van der Waals surface area (Å²) in [6.07, 6.45) is 2.43. The van der Waals surface area contributed by atoms with Crippen molar-refractivity contribution in [3.8, 4) is 0 Å². The van der Waals surface area contributed by atoms with Crippen molar-refractivity contribution in [3.05, 3.63) is 64.4 Å². The minimum absolute atomic E-state index is 0.404. The van der Waals surface area contributed by atoms with Crippen LogP contribution in [0.25, 0.3) is 4.91 Å². The first-order chi connectivity index (χ1) is 9.25. The molecule has 100 valence electrons. The molecule has 1 aliphatic rings. The van der Waals surface area contributed by atoms with Crippen molar-refractivity contribution in [2.75, 3.05) is 0 Å². The Hall–Kier alpha value is 1.42. The van der Waals surface area contributed by atoms with Gasteiger partial charge in [-0.25, -0.2) is 0 Å². The van der Waals surface area contributed by atoms with Crippen LogP contribution in [0.2, 0.25) is 0 Å². The second kappa shape index (κ2) is 7.12. The van der Waals surface area contributed by atoms with Gasteiger partial charge in [0.1, 0.15) is 0 Å². The van der Waals surface area contributed by atoms with Crippen LogP contribution in [0.5, 0.6) is 0 Å². The Morgan fingerprint density at radius 1 is 1.00 bits per heavy atom. The zero-order chi connectivity index (χ0) is 13.2. The zero-order valence-corrected chi connectivity index (χ0v) is 18.5. The third-order valence-electron chi connectivity index (χ3n) is 2.53. The fourth-order valence-electron chi connectivity index (χ4n) is 1.70. The molecule has 0 radical (unpaired) electrons. The molecule has 0 saturated carbocycles. The first-order valence-electron chi connectivity index (χ1n) is 5.40. The topological polar surface area (TPSA) is 0 Å². The van der Waals surface area contributed by atoms with Gasteiger partial charge < -0.3 is 0 Å². The quantitative estimate of drug-likeness (QED) is 0.192. The molecule has 1 aromatic heterocycles. The average Bonchev–Trinajstić information content (AvgIpc) is 3.08. The van der Waals surface area contributed by atoms with Crippen molar-refractivity contribution in [1.29, 1.82) is 0 Å². The molecule has 0 spiro atoms. The number of rotatable bonds is 3. The molecule has 19 heavy (non-hydrogen) atoms. The van der Waals surface area contributed by atoms with E-state index in [2.05, 4.69) is 102 Å².